The number of likely N-dealkylation sites (N-methyl/N-ethyl adjacent to an activating group) is 1. The van der Waals surface area contributed by atoms with E-state index in [1.54, 1.807) is 0 Å². The van der Waals surface area contributed by atoms with Gasteiger partial charge in [-0.1, -0.05) is 23.4 Å². The maximum atomic E-state index is 8.74. The largest absolute Gasteiger partial charge is 0.409 e. The summed E-state index contributed by atoms with van der Waals surface area (Å²) >= 11 is 0. The van der Waals surface area contributed by atoms with E-state index in [1.165, 1.54) is 0 Å². The van der Waals surface area contributed by atoms with Gasteiger partial charge in [-0.25, -0.2) is 0 Å². The third kappa shape index (κ3) is 4.44. The summed E-state index contributed by atoms with van der Waals surface area (Å²) in [6.45, 7) is 6.02. The minimum absolute atomic E-state index is 0.0114. The molecule has 0 aromatic heterocycles. The van der Waals surface area contributed by atoms with E-state index in [1.807, 2.05) is 24.3 Å². The first-order valence-electron chi connectivity index (χ1n) is 7.33. The number of oxime groups is 1. The Kier molecular flexibility index (Phi) is 4.85. The number of amidine groups is 1. The summed E-state index contributed by atoms with van der Waals surface area (Å²) in [6.07, 6.45) is 2.53. The topological polar surface area (TPSA) is 71.1 Å². The van der Waals surface area contributed by atoms with Gasteiger partial charge in [-0.15, -0.1) is 0 Å². The molecule has 0 bridgehead atoms. The number of ether oxygens (including phenoxy) is 1. The molecule has 1 fully saturated rings. The maximum absolute atomic E-state index is 8.74. The lowest BCUT2D eigenvalue weighted by Crippen LogP contribution is -2.30. The van der Waals surface area contributed by atoms with E-state index in [0.29, 0.717) is 6.10 Å². The summed E-state index contributed by atoms with van der Waals surface area (Å²) in [4.78, 5) is 2.25. The number of hydrogen-bond acceptors (Lipinski definition) is 4. The Bertz CT molecular complexity index is 514. The summed E-state index contributed by atoms with van der Waals surface area (Å²) in [5.41, 5.74) is 7.51. The zero-order valence-corrected chi connectivity index (χ0v) is 13.0. The van der Waals surface area contributed by atoms with Gasteiger partial charge in [0.25, 0.3) is 0 Å². The molecule has 0 saturated carbocycles. The van der Waals surface area contributed by atoms with Crippen LogP contribution in [-0.4, -0.2) is 41.2 Å². The van der Waals surface area contributed by atoms with Crippen LogP contribution < -0.4 is 5.73 Å². The van der Waals surface area contributed by atoms with E-state index >= 15 is 0 Å². The first kappa shape index (κ1) is 15.8. The highest BCUT2D eigenvalue weighted by atomic mass is 16.5. The SMILES string of the molecule is CN(Cc1cccc(/C(N)=N/O)c1)CC1CCC(C)(C)O1. The van der Waals surface area contributed by atoms with Crippen LogP contribution in [0.15, 0.2) is 29.4 Å². The van der Waals surface area contributed by atoms with E-state index in [2.05, 4.69) is 31.0 Å². The normalized spacial score (nSPS) is 21.9. The van der Waals surface area contributed by atoms with Crippen molar-refractivity contribution < 1.29 is 9.94 Å². The minimum Gasteiger partial charge on any atom is -0.409 e. The third-order valence-electron chi connectivity index (χ3n) is 3.85. The van der Waals surface area contributed by atoms with Crippen molar-refractivity contribution in [2.24, 2.45) is 10.9 Å². The summed E-state index contributed by atoms with van der Waals surface area (Å²) in [5, 5.41) is 11.8. The molecule has 1 atom stereocenters. The molecular weight excluding hydrogens is 266 g/mol. The molecule has 1 aliphatic heterocycles. The number of nitrogens with two attached hydrogens (primary N) is 1. The van der Waals surface area contributed by atoms with Crippen molar-refractivity contribution in [2.45, 2.75) is 44.9 Å². The average Bonchev–Trinajstić information content (AvgIpc) is 2.77. The first-order valence-corrected chi connectivity index (χ1v) is 7.33. The molecule has 1 heterocycles. The van der Waals surface area contributed by atoms with Gasteiger partial charge in [-0.05, 0) is 45.4 Å². The number of hydrogen-bond donors (Lipinski definition) is 2. The van der Waals surface area contributed by atoms with Crippen LogP contribution in [0, 0.1) is 0 Å². The minimum atomic E-state index is 0.0114. The predicted molar refractivity (Wildman–Crippen MR) is 83.5 cm³/mol. The Labute approximate surface area is 126 Å². The van der Waals surface area contributed by atoms with E-state index in [9.17, 15) is 0 Å². The van der Waals surface area contributed by atoms with Crippen molar-refractivity contribution in [1.82, 2.24) is 4.90 Å². The fourth-order valence-electron chi connectivity index (χ4n) is 2.82. The van der Waals surface area contributed by atoms with Gasteiger partial charge in [-0.3, -0.25) is 4.90 Å². The lowest BCUT2D eigenvalue weighted by molar-refractivity contribution is -0.0267. The Morgan fingerprint density at radius 2 is 2.29 bits per heavy atom. The zero-order valence-electron chi connectivity index (χ0n) is 13.0. The second-order valence-corrected chi connectivity index (χ2v) is 6.42. The van der Waals surface area contributed by atoms with Crippen molar-refractivity contribution in [3.63, 3.8) is 0 Å². The van der Waals surface area contributed by atoms with Crippen molar-refractivity contribution in [2.75, 3.05) is 13.6 Å². The molecule has 0 aliphatic carbocycles. The quantitative estimate of drug-likeness (QED) is 0.377. The molecule has 2 rings (SSSR count). The maximum Gasteiger partial charge on any atom is 0.170 e. The Morgan fingerprint density at radius 3 is 2.90 bits per heavy atom. The van der Waals surface area contributed by atoms with Crippen LogP contribution in [0.5, 0.6) is 0 Å². The summed E-state index contributed by atoms with van der Waals surface area (Å²) in [6, 6.07) is 7.75. The lowest BCUT2D eigenvalue weighted by atomic mass is 10.1. The molecule has 1 aliphatic rings. The number of rotatable bonds is 5. The van der Waals surface area contributed by atoms with E-state index in [0.717, 1.165) is 37.1 Å². The molecule has 5 heteroatoms. The monoisotopic (exact) mass is 291 g/mol. The van der Waals surface area contributed by atoms with Crippen LogP contribution in [-0.2, 0) is 11.3 Å². The van der Waals surface area contributed by atoms with Crippen LogP contribution in [0.4, 0.5) is 0 Å². The highest BCUT2D eigenvalue weighted by Crippen LogP contribution is 2.29. The molecule has 5 nitrogen and oxygen atoms in total. The molecule has 1 aromatic carbocycles. The van der Waals surface area contributed by atoms with Crippen molar-refractivity contribution in [1.29, 1.82) is 0 Å². The molecule has 0 amide bonds. The average molecular weight is 291 g/mol. The summed E-state index contributed by atoms with van der Waals surface area (Å²) in [7, 11) is 2.09. The van der Waals surface area contributed by atoms with E-state index in [4.69, 9.17) is 15.7 Å². The Balaban J connectivity index is 1.92. The molecule has 3 N–H and O–H groups in total. The van der Waals surface area contributed by atoms with Gasteiger partial charge < -0.3 is 15.7 Å². The van der Waals surface area contributed by atoms with Crippen LogP contribution in [0.3, 0.4) is 0 Å². The van der Waals surface area contributed by atoms with Gasteiger partial charge in [0, 0.05) is 18.7 Å². The smallest absolute Gasteiger partial charge is 0.170 e. The van der Waals surface area contributed by atoms with Gasteiger partial charge in [0.2, 0.25) is 0 Å². The molecule has 0 spiro atoms. The Hall–Kier alpha value is -1.59. The van der Waals surface area contributed by atoms with Crippen molar-refractivity contribution >= 4 is 5.84 Å². The van der Waals surface area contributed by atoms with Gasteiger partial charge in [0.05, 0.1) is 11.7 Å². The molecule has 1 unspecified atom stereocenters. The van der Waals surface area contributed by atoms with Crippen LogP contribution in [0.1, 0.15) is 37.8 Å². The van der Waals surface area contributed by atoms with Crippen molar-refractivity contribution in [3.8, 4) is 0 Å². The highest BCUT2D eigenvalue weighted by Gasteiger charge is 2.31. The molecule has 1 saturated heterocycles. The number of nitrogens with zero attached hydrogens (tertiary/aromatic N) is 2. The van der Waals surface area contributed by atoms with E-state index in [-0.39, 0.29) is 11.4 Å². The zero-order chi connectivity index (χ0) is 15.5. The fraction of sp³-hybridized carbons (Fsp3) is 0.562. The third-order valence-corrected chi connectivity index (χ3v) is 3.85. The van der Waals surface area contributed by atoms with Crippen LogP contribution in [0.25, 0.3) is 0 Å². The summed E-state index contributed by atoms with van der Waals surface area (Å²) < 4.78 is 6.02. The second kappa shape index (κ2) is 6.45. The standard InChI is InChI=1S/C16H25N3O2/c1-16(2)8-7-14(21-16)11-19(3)10-12-5-4-6-13(9-12)15(17)18-20/h4-6,9,14,20H,7-8,10-11H2,1-3H3,(H2,17,18). The lowest BCUT2D eigenvalue weighted by Gasteiger charge is -2.24. The first-order chi connectivity index (χ1) is 9.89. The van der Waals surface area contributed by atoms with Crippen LogP contribution >= 0.6 is 0 Å². The number of benzene rings is 1. The van der Waals surface area contributed by atoms with Gasteiger partial charge >= 0.3 is 0 Å². The highest BCUT2D eigenvalue weighted by molar-refractivity contribution is 5.97. The van der Waals surface area contributed by atoms with Gasteiger partial charge in [0.1, 0.15) is 0 Å². The van der Waals surface area contributed by atoms with E-state index < -0.39 is 0 Å². The van der Waals surface area contributed by atoms with Crippen LogP contribution in [0.2, 0.25) is 0 Å². The van der Waals surface area contributed by atoms with Gasteiger partial charge in [-0.2, -0.15) is 0 Å². The predicted octanol–water partition coefficient (Wildman–Crippen LogP) is 2.17. The second-order valence-electron chi connectivity index (χ2n) is 6.42. The molecule has 0 radical (unpaired) electrons. The molecule has 116 valence electrons. The molecule has 1 aromatic rings. The fourth-order valence-corrected chi connectivity index (χ4v) is 2.82. The van der Waals surface area contributed by atoms with Crippen molar-refractivity contribution in [3.05, 3.63) is 35.4 Å². The summed E-state index contributed by atoms with van der Waals surface area (Å²) in [5.74, 6) is 0.139. The molecular formula is C16H25N3O2. The Morgan fingerprint density at radius 1 is 1.52 bits per heavy atom. The molecule has 21 heavy (non-hydrogen) atoms. The van der Waals surface area contributed by atoms with Gasteiger partial charge in [0.15, 0.2) is 5.84 Å².